The van der Waals surface area contributed by atoms with E-state index in [4.69, 9.17) is 5.26 Å². The SMILES string of the molecule is CC1(C)C(Nc2ccnc(C#N)c2)C1(C)C. The smallest absolute Gasteiger partial charge is 0.142 e. The highest BCUT2D eigenvalue weighted by molar-refractivity contribution is 5.50. The molecule has 0 unspecified atom stereocenters. The van der Waals surface area contributed by atoms with Gasteiger partial charge >= 0.3 is 0 Å². The second-order valence-corrected chi connectivity index (χ2v) is 5.56. The van der Waals surface area contributed by atoms with Crippen LogP contribution in [-0.2, 0) is 0 Å². The van der Waals surface area contributed by atoms with Gasteiger partial charge in [-0.2, -0.15) is 5.26 Å². The average molecular weight is 215 g/mol. The largest absolute Gasteiger partial charge is 0.381 e. The van der Waals surface area contributed by atoms with E-state index in [2.05, 4.69) is 44.1 Å². The molecule has 1 saturated carbocycles. The molecule has 1 aromatic heterocycles. The molecule has 0 saturated heterocycles. The fraction of sp³-hybridized carbons (Fsp3) is 0.538. The lowest BCUT2D eigenvalue weighted by molar-refractivity contribution is 0.457. The molecule has 0 bridgehead atoms. The van der Waals surface area contributed by atoms with Gasteiger partial charge in [-0.05, 0) is 23.0 Å². The van der Waals surface area contributed by atoms with Crippen LogP contribution in [0.5, 0.6) is 0 Å². The van der Waals surface area contributed by atoms with Gasteiger partial charge < -0.3 is 5.32 Å². The molecule has 0 aliphatic heterocycles. The molecule has 16 heavy (non-hydrogen) atoms. The molecular weight excluding hydrogens is 198 g/mol. The van der Waals surface area contributed by atoms with E-state index < -0.39 is 0 Å². The summed E-state index contributed by atoms with van der Waals surface area (Å²) in [5.41, 5.74) is 2.03. The Labute approximate surface area is 96.5 Å². The Kier molecular flexibility index (Phi) is 2.20. The summed E-state index contributed by atoms with van der Waals surface area (Å²) in [5.74, 6) is 0. The van der Waals surface area contributed by atoms with Crippen LogP contribution >= 0.6 is 0 Å². The van der Waals surface area contributed by atoms with E-state index in [-0.39, 0.29) is 0 Å². The standard InChI is InChI=1S/C13H17N3/c1-12(2)11(13(12,3)4)16-9-5-6-15-10(7-9)8-14/h5-7,11H,1-4H3,(H,15,16). The number of anilines is 1. The van der Waals surface area contributed by atoms with Crippen molar-refractivity contribution in [1.82, 2.24) is 4.98 Å². The van der Waals surface area contributed by atoms with Crippen LogP contribution in [0.1, 0.15) is 33.4 Å². The van der Waals surface area contributed by atoms with Crippen molar-refractivity contribution < 1.29 is 0 Å². The van der Waals surface area contributed by atoms with Gasteiger partial charge in [0, 0.05) is 17.9 Å². The van der Waals surface area contributed by atoms with Crippen molar-refractivity contribution in [3.63, 3.8) is 0 Å². The average Bonchev–Trinajstić information content (AvgIpc) is 2.61. The predicted molar refractivity (Wildman–Crippen MR) is 63.9 cm³/mol. The summed E-state index contributed by atoms with van der Waals surface area (Å²) in [7, 11) is 0. The lowest BCUT2D eigenvalue weighted by Gasteiger charge is -2.07. The fourth-order valence-electron chi connectivity index (χ4n) is 2.31. The molecule has 3 heteroatoms. The molecule has 0 aromatic carbocycles. The number of pyridine rings is 1. The molecule has 0 radical (unpaired) electrons. The zero-order valence-electron chi connectivity index (χ0n) is 10.2. The van der Waals surface area contributed by atoms with Crippen molar-refractivity contribution >= 4 is 5.69 Å². The van der Waals surface area contributed by atoms with Crippen LogP contribution in [0, 0.1) is 22.2 Å². The van der Waals surface area contributed by atoms with Crippen molar-refractivity contribution in [2.75, 3.05) is 5.32 Å². The van der Waals surface area contributed by atoms with E-state index >= 15 is 0 Å². The molecule has 0 spiro atoms. The number of nitriles is 1. The third-order valence-electron chi connectivity index (χ3n) is 4.21. The monoisotopic (exact) mass is 215 g/mol. The summed E-state index contributed by atoms with van der Waals surface area (Å²) in [5, 5.41) is 12.3. The highest BCUT2D eigenvalue weighted by Gasteiger charge is 2.64. The molecule has 2 rings (SSSR count). The van der Waals surface area contributed by atoms with E-state index in [1.54, 1.807) is 12.3 Å². The summed E-state index contributed by atoms with van der Waals surface area (Å²) >= 11 is 0. The zero-order chi connectivity index (χ0) is 12.0. The quantitative estimate of drug-likeness (QED) is 0.825. The second-order valence-electron chi connectivity index (χ2n) is 5.56. The minimum atomic E-state index is 0.295. The lowest BCUT2D eigenvalue weighted by Crippen LogP contribution is -2.10. The van der Waals surface area contributed by atoms with Crippen molar-refractivity contribution in [3.8, 4) is 6.07 Å². The van der Waals surface area contributed by atoms with Gasteiger partial charge in [-0.25, -0.2) is 4.98 Å². The van der Waals surface area contributed by atoms with E-state index in [9.17, 15) is 0 Å². The first-order chi connectivity index (χ1) is 7.39. The first-order valence-electron chi connectivity index (χ1n) is 5.52. The Morgan fingerprint density at radius 1 is 1.31 bits per heavy atom. The van der Waals surface area contributed by atoms with Crippen molar-refractivity contribution in [3.05, 3.63) is 24.0 Å². The van der Waals surface area contributed by atoms with Crippen LogP contribution in [0.4, 0.5) is 5.69 Å². The van der Waals surface area contributed by atoms with Crippen LogP contribution < -0.4 is 5.32 Å². The van der Waals surface area contributed by atoms with Crippen LogP contribution in [0.2, 0.25) is 0 Å². The van der Waals surface area contributed by atoms with Gasteiger partial charge in [0.2, 0.25) is 0 Å². The number of nitrogens with zero attached hydrogens (tertiary/aromatic N) is 2. The molecule has 3 nitrogen and oxygen atoms in total. The molecule has 1 heterocycles. The van der Waals surface area contributed by atoms with Crippen molar-refractivity contribution in [2.24, 2.45) is 10.8 Å². The van der Waals surface area contributed by atoms with E-state index in [1.807, 2.05) is 6.07 Å². The summed E-state index contributed by atoms with van der Waals surface area (Å²) in [6, 6.07) is 6.21. The van der Waals surface area contributed by atoms with Crippen molar-refractivity contribution in [1.29, 1.82) is 5.26 Å². The topological polar surface area (TPSA) is 48.7 Å². The van der Waals surface area contributed by atoms with Gasteiger partial charge in [0.25, 0.3) is 0 Å². The molecule has 0 amide bonds. The lowest BCUT2D eigenvalue weighted by atomic mass is 10.0. The minimum Gasteiger partial charge on any atom is -0.381 e. The number of rotatable bonds is 2. The first-order valence-corrected chi connectivity index (χ1v) is 5.52. The van der Waals surface area contributed by atoms with Crippen molar-refractivity contribution in [2.45, 2.75) is 33.7 Å². The van der Waals surface area contributed by atoms with E-state index in [0.29, 0.717) is 22.6 Å². The van der Waals surface area contributed by atoms with Crippen LogP contribution in [0.15, 0.2) is 18.3 Å². The molecule has 1 aliphatic rings. The summed E-state index contributed by atoms with van der Waals surface area (Å²) in [4.78, 5) is 3.96. The highest BCUT2D eigenvalue weighted by Crippen LogP contribution is 2.63. The molecule has 1 N–H and O–H groups in total. The third kappa shape index (κ3) is 1.46. The van der Waals surface area contributed by atoms with Crippen LogP contribution in [0.3, 0.4) is 0 Å². The maximum atomic E-state index is 8.78. The minimum absolute atomic E-state index is 0.295. The number of aromatic nitrogens is 1. The van der Waals surface area contributed by atoms with E-state index in [0.717, 1.165) is 5.69 Å². The Balaban J connectivity index is 2.15. The normalized spacial score (nSPS) is 21.2. The van der Waals surface area contributed by atoms with Gasteiger partial charge in [0.05, 0.1) is 0 Å². The first kappa shape index (κ1) is 10.9. The number of hydrogen-bond donors (Lipinski definition) is 1. The third-order valence-corrected chi connectivity index (χ3v) is 4.21. The van der Waals surface area contributed by atoms with Gasteiger partial charge in [0.1, 0.15) is 11.8 Å². The van der Waals surface area contributed by atoms with Crippen LogP contribution in [0.25, 0.3) is 0 Å². The number of nitrogens with one attached hydrogen (secondary N) is 1. The van der Waals surface area contributed by atoms with Gasteiger partial charge in [-0.15, -0.1) is 0 Å². The summed E-state index contributed by atoms with van der Waals surface area (Å²) < 4.78 is 0. The zero-order valence-corrected chi connectivity index (χ0v) is 10.2. The van der Waals surface area contributed by atoms with Gasteiger partial charge in [0.15, 0.2) is 0 Å². The molecule has 1 fully saturated rings. The van der Waals surface area contributed by atoms with E-state index in [1.165, 1.54) is 0 Å². The maximum Gasteiger partial charge on any atom is 0.142 e. The second kappa shape index (κ2) is 3.21. The Morgan fingerprint density at radius 3 is 2.44 bits per heavy atom. The predicted octanol–water partition coefficient (Wildman–Crippen LogP) is 2.80. The molecule has 1 aromatic rings. The maximum absolute atomic E-state index is 8.78. The van der Waals surface area contributed by atoms with Crippen LogP contribution in [-0.4, -0.2) is 11.0 Å². The molecule has 1 aliphatic carbocycles. The Bertz CT molecular complexity index is 440. The van der Waals surface area contributed by atoms with Gasteiger partial charge in [-0.3, -0.25) is 0 Å². The Morgan fingerprint density at radius 2 is 1.94 bits per heavy atom. The fourth-order valence-corrected chi connectivity index (χ4v) is 2.31. The summed E-state index contributed by atoms with van der Waals surface area (Å²) in [6.45, 7) is 9.04. The molecular formula is C13H17N3. The molecule has 0 atom stereocenters. The number of hydrogen-bond acceptors (Lipinski definition) is 3. The van der Waals surface area contributed by atoms with Gasteiger partial charge in [-0.1, -0.05) is 27.7 Å². The molecule has 84 valence electrons. The Hall–Kier alpha value is -1.56. The highest BCUT2D eigenvalue weighted by atomic mass is 15.0. The summed E-state index contributed by atoms with van der Waals surface area (Å²) in [6.07, 6.45) is 1.67.